The third-order valence-corrected chi connectivity index (χ3v) is 8.13. The predicted molar refractivity (Wildman–Crippen MR) is 162 cm³/mol. The van der Waals surface area contributed by atoms with Crippen molar-refractivity contribution < 1.29 is 14.3 Å². The van der Waals surface area contributed by atoms with Crippen LogP contribution in [0.15, 0.2) is 72.8 Å². The second-order valence-corrected chi connectivity index (χ2v) is 12.3. The molecule has 1 atom stereocenters. The summed E-state index contributed by atoms with van der Waals surface area (Å²) < 4.78 is 5.94. The molecule has 7 heteroatoms. The first-order valence-corrected chi connectivity index (χ1v) is 14.7. The number of rotatable bonds is 10. The van der Waals surface area contributed by atoms with Gasteiger partial charge in [-0.3, -0.25) is 9.59 Å². The summed E-state index contributed by atoms with van der Waals surface area (Å²) in [6.07, 6.45) is 4.49. The van der Waals surface area contributed by atoms with Gasteiger partial charge in [-0.15, -0.1) is 0 Å². The van der Waals surface area contributed by atoms with Crippen LogP contribution >= 0.6 is 23.2 Å². The van der Waals surface area contributed by atoms with Crippen LogP contribution in [0.5, 0.6) is 5.75 Å². The SMILES string of the molecule is CC(C)(C)c1ccc(OCC(=O)N(Cc2ccc(Cl)c(Cl)c2)[C@@H](Cc2ccccc2)C(=O)NC2CCCC2)cc1. The van der Waals surface area contributed by atoms with E-state index < -0.39 is 6.04 Å². The number of hydrogen-bond donors (Lipinski definition) is 1. The van der Waals surface area contributed by atoms with Gasteiger partial charge in [0.25, 0.3) is 5.91 Å². The van der Waals surface area contributed by atoms with E-state index in [-0.39, 0.29) is 36.4 Å². The van der Waals surface area contributed by atoms with Gasteiger partial charge in [-0.05, 0) is 59.2 Å². The summed E-state index contributed by atoms with van der Waals surface area (Å²) in [5.41, 5.74) is 2.95. The average Bonchev–Trinajstić information content (AvgIpc) is 3.44. The molecule has 2 amide bonds. The third-order valence-electron chi connectivity index (χ3n) is 7.39. The first-order chi connectivity index (χ1) is 19.1. The molecule has 0 aromatic heterocycles. The van der Waals surface area contributed by atoms with Crippen molar-refractivity contribution in [1.29, 1.82) is 0 Å². The summed E-state index contributed by atoms with van der Waals surface area (Å²) in [7, 11) is 0. The fourth-order valence-electron chi connectivity index (χ4n) is 5.04. The third kappa shape index (κ3) is 8.25. The molecule has 40 heavy (non-hydrogen) atoms. The smallest absolute Gasteiger partial charge is 0.261 e. The maximum atomic E-state index is 13.8. The van der Waals surface area contributed by atoms with Gasteiger partial charge >= 0.3 is 0 Å². The van der Waals surface area contributed by atoms with Crippen molar-refractivity contribution in [1.82, 2.24) is 10.2 Å². The lowest BCUT2D eigenvalue weighted by molar-refractivity contribution is -0.143. The maximum absolute atomic E-state index is 13.8. The van der Waals surface area contributed by atoms with Crippen molar-refractivity contribution in [2.24, 2.45) is 0 Å². The molecule has 1 aliphatic carbocycles. The van der Waals surface area contributed by atoms with Gasteiger partial charge in [0.05, 0.1) is 10.0 Å². The van der Waals surface area contributed by atoms with Gasteiger partial charge in [0, 0.05) is 19.0 Å². The molecule has 0 radical (unpaired) electrons. The zero-order valence-electron chi connectivity index (χ0n) is 23.5. The molecule has 0 unspecified atom stereocenters. The molecule has 3 aromatic carbocycles. The Bertz CT molecular complexity index is 1280. The summed E-state index contributed by atoms with van der Waals surface area (Å²) in [6.45, 7) is 6.44. The average molecular weight is 582 g/mol. The number of ether oxygens (including phenoxy) is 1. The molecule has 0 aliphatic heterocycles. The number of carbonyl (C=O) groups is 2. The number of carbonyl (C=O) groups excluding carboxylic acids is 2. The van der Waals surface area contributed by atoms with Gasteiger partial charge < -0.3 is 15.0 Å². The van der Waals surface area contributed by atoms with Gasteiger partial charge in [-0.25, -0.2) is 0 Å². The van der Waals surface area contributed by atoms with Gasteiger partial charge in [0.15, 0.2) is 6.61 Å². The Morgan fingerprint density at radius 1 is 0.925 bits per heavy atom. The summed E-state index contributed by atoms with van der Waals surface area (Å²) in [5, 5.41) is 4.05. The van der Waals surface area contributed by atoms with Crippen molar-refractivity contribution >= 4 is 35.0 Å². The highest BCUT2D eigenvalue weighted by Gasteiger charge is 2.32. The Kier molecular flexibility index (Phi) is 10.2. The second-order valence-electron chi connectivity index (χ2n) is 11.5. The molecule has 0 heterocycles. The van der Waals surface area contributed by atoms with Gasteiger partial charge in [0.2, 0.25) is 5.91 Å². The van der Waals surface area contributed by atoms with E-state index in [1.807, 2.05) is 60.7 Å². The van der Waals surface area contributed by atoms with E-state index in [1.54, 1.807) is 17.0 Å². The van der Waals surface area contributed by atoms with Crippen LogP contribution in [0.25, 0.3) is 0 Å². The first-order valence-electron chi connectivity index (χ1n) is 13.9. The molecule has 1 N–H and O–H groups in total. The predicted octanol–water partition coefficient (Wildman–Crippen LogP) is 7.37. The Balaban J connectivity index is 1.60. The van der Waals surface area contributed by atoms with Gasteiger partial charge in [-0.2, -0.15) is 0 Å². The monoisotopic (exact) mass is 580 g/mol. The van der Waals surface area contributed by atoms with E-state index in [9.17, 15) is 9.59 Å². The highest BCUT2D eigenvalue weighted by atomic mass is 35.5. The van der Waals surface area contributed by atoms with Crippen LogP contribution in [0, 0.1) is 0 Å². The lowest BCUT2D eigenvalue weighted by Gasteiger charge is -2.32. The number of hydrogen-bond acceptors (Lipinski definition) is 3. The first kappa shape index (κ1) is 30.0. The van der Waals surface area contributed by atoms with E-state index >= 15 is 0 Å². The molecule has 212 valence electrons. The fraction of sp³-hybridized carbons (Fsp3) is 0.394. The summed E-state index contributed by atoms with van der Waals surface area (Å²) in [5.74, 6) is 0.165. The van der Waals surface area contributed by atoms with E-state index in [0.717, 1.165) is 36.8 Å². The lowest BCUT2D eigenvalue weighted by Crippen LogP contribution is -2.53. The van der Waals surface area contributed by atoms with Crippen LogP contribution < -0.4 is 10.1 Å². The van der Waals surface area contributed by atoms with Gasteiger partial charge in [0.1, 0.15) is 11.8 Å². The molecule has 3 aromatic rings. The molecule has 0 bridgehead atoms. The zero-order valence-corrected chi connectivity index (χ0v) is 25.0. The highest BCUT2D eigenvalue weighted by molar-refractivity contribution is 6.42. The van der Waals surface area contributed by atoms with Crippen LogP contribution in [0.2, 0.25) is 10.0 Å². The van der Waals surface area contributed by atoms with Crippen LogP contribution in [0.3, 0.4) is 0 Å². The standard InChI is InChI=1S/C33H38Cl2N2O3/c1-33(2,3)25-14-16-27(17-15-25)40-22-31(38)37(21-24-13-18-28(34)29(35)19-24)30(20-23-9-5-4-6-10-23)32(39)36-26-11-7-8-12-26/h4-6,9-10,13-19,26,30H,7-8,11-12,20-22H2,1-3H3,(H,36,39)/t30-/m0/s1. The summed E-state index contributed by atoms with van der Waals surface area (Å²) >= 11 is 12.5. The minimum absolute atomic E-state index is 0.0162. The normalized spacial score (nSPS) is 14.5. The van der Waals surface area contributed by atoms with E-state index in [1.165, 1.54) is 5.56 Å². The minimum atomic E-state index is -0.725. The molecule has 5 nitrogen and oxygen atoms in total. The van der Waals surface area contributed by atoms with Crippen molar-refractivity contribution in [3.63, 3.8) is 0 Å². The Morgan fingerprint density at radius 3 is 2.23 bits per heavy atom. The number of nitrogens with zero attached hydrogens (tertiary/aromatic N) is 1. The van der Waals surface area contributed by atoms with E-state index in [4.69, 9.17) is 27.9 Å². The molecule has 1 saturated carbocycles. The Morgan fingerprint density at radius 2 is 1.60 bits per heavy atom. The Hall–Kier alpha value is -3.02. The zero-order chi connectivity index (χ0) is 28.7. The molecular formula is C33H38Cl2N2O3. The highest BCUT2D eigenvalue weighted by Crippen LogP contribution is 2.26. The Labute approximate surface area is 247 Å². The molecular weight excluding hydrogens is 543 g/mol. The minimum Gasteiger partial charge on any atom is -0.484 e. The number of benzene rings is 3. The van der Waals surface area contributed by atoms with Crippen LogP contribution in [-0.2, 0) is 28.0 Å². The van der Waals surface area contributed by atoms with Crippen molar-refractivity contribution in [2.45, 2.75) is 76.9 Å². The molecule has 1 fully saturated rings. The van der Waals surface area contributed by atoms with Crippen LogP contribution in [0.1, 0.15) is 63.1 Å². The van der Waals surface area contributed by atoms with Gasteiger partial charge in [-0.1, -0.05) is 105 Å². The van der Waals surface area contributed by atoms with Crippen molar-refractivity contribution in [3.05, 3.63) is 99.5 Å². The topological polar surface area (TPSA) is 58.6 Å². The molecule has 1 aliphatic rings. The van der Waals surface area contributed by atoms with E-state index in [2.05, 4.69) is 26.1 Å². The van der Waals surface area contributed by atoms with Crippen molar-refractivity contribution in [2.75, 3.05) is 6.61 Å². The van der Waals surface area contributed by atoms with Crippen LogP contribution in [0.4, 0.5) is 0 Å². The quantitative estimate of drug-likeness (QED) is 0.272. The largest absolute Gasteiger partial charge is 0.484 e. The number of halogens is 2. The molecule has 0 spiro atoms. The molecule has 0 saturated heterocycles. The summed E-state index contributed by atoms with van der Waals surface area (Å²) in [6, 6.07) is 22.2. The maximum Gasteiger partial charge on any atom is 0.261 e. The number of amides is 2. The lowest BCUT2D eigenvalue weighted by atomic mass is 9.87. The van der Waals surface area contributed by atoms with Crippen LogP contribution in [-0.4, -0.2) is 35.4 Å². The second kappa shape index (κ2) is 13.6. The van der Waals surface area contributed by atoms with Crippen molar-refractivity contribution in [3.8, 4) is 5.75 Å². The number of nitrogens with one attached hydrogen (secondary N) is 1. The fourth-order valence-corrected chi connectivity index (χ4v) is 5.36. The molecule has 4 rings (SSSR count). The van der Waals surface area contributed by atoms with E-state index in [0.29, 0.717) is 22.2 Å². The summed E-state index contributed by atoms with van der Waals surface area (Å²) in [4.78, 5) is 29.2.